The number of carbonyl (C=O) groups is 1. The number of rotatable bonds is 6. The lowest BCUT2D eigenvalue weighted by molar-refractivity contribution is -0.254. The van der Waals surface area contributed by atoms with Crippen molar-refractivity contribution >= 4 is 17.3 Å². The highest BCUT2D eigenvalue weighted by molar-refractivity contribution is 7.17. The Bertz CT molecular complexity index is 922. The summed E-state index contributed by atoms with van der Waals surface area (Å²) in [5, 5.41) is 11.6. The molecular weight excluding hydrogens is 379 g/mol. The normalized spacial score (nSPS) is 11.5. The van der Waals surface area contributed by atoms with Gasteiger partial charge in [-0.2, -0.15) is 13.2 Å². The molecule has 27 heavy (non-hydrogen) atoms. The number of carbonyl (C=O) groups excluding carboxylic acids is 1. The topological polar surface area (TPSA) is 62.2 Å². The third-order valence-electron chi connectivity index (χ3n) is 3.69. The third kappa shape index (κ3) is 4.72. The zero-order chi connectivity index (χ0) is 19.4. The highest BCUT2D eigenvalue weighted by Gasteiger charge is 2.30. The van der Waals surface area contributed by atoms with Crippen molar-refractivity contribution in [3.05, 3.63) is 76.3 Å². The van der Waals surface area contributed by atoms with Gasteiger partial charge in [-0.15, -0.1) is 11.3 Å². The number of alkyl halides is 3. The molecule has 4 nitrogen and oxygen atoms in total. The average molecular weight is 392 g/mol. The first-order valence-corrected chi connectivity index (χ1v) is 8.66. The number of nitrogens with zero attached hydrogens (tertiary/aromatic N) is 1. The predicted molar refractivity (Wildman–Crippen MR) is 91.8 cm³/mol. The van der Waals surface area contributed by atoms with Crippen LogP contribution in [0.3, 0.4) is 0 Å². The Balaban J connectivity index is 1.77. The number of halogens is 3. The number of carboxylic acid groups (broad SMARTS) is 1. The molecule has 0 spiro atoms. The predicted octanol–water partition coefficient (Wildman–Crippen LogP) is 3.91. The van der Waals surface area contributed by atoms with Gasteiger partial charge >= 0.3 is 6.18 Å². The van der Waals surface area contributed by atoms with Gasteiger partial charge in [-0.1, -0.05) is 42.5 Å². The minimum Gasteiger partial charge on any atom is -0.544 e. The summed E-state index contributed by atoms with van der Waals surface area (Å²) in [5.74, 6) is -1.40. The lowest BCUT2D eigenvalue weighted by Gasteiger charge is -2.06. The van der Waals surface area contributed by atoms with Crippen molar-refractivity contribution < 1.29 is 27.8 Å². The van der Waals surface area contributed by atoms with Crippen LogP contribution < -0.4 is 5.11 Å². The van der Waals surface area contributed by atoms with Gasteiger partial charge in [-0.3, -0.25) is 0 Å². The van der Waals surface area contributed by atoms with Gasteiger partial charge in [-0.25, -0.2) is 4.98 Å². The van der Waals surface area contributed by atoms with E-state index in [0.717, 1.165) is 29.0 Å². The summed E-state index contributed by atoms with van der Waals surface area (Å²) in [6.07, 6.45) is -4.44. The fourth-order valence-corrected chi connectivity index (χ4v) is 3.28. The highest BCUT2D eigenvalue weighted by Crippen LogP contribution is 2.33. The van der Waals surface area contributed by atoms with E-state index in [1.807, 2.05) is 30.3 Å². The number of ether oxygens (including phenoxy) is 1. The quantitative estimate of drug-likeness (QED) is 0.638. The summed E-state index contributed by atoms with van der Waals surface area (Å²) in [5.41, 5.74) is 0.718. The van der Waals surface area contributed by atoms with Crippen LogP contribution in [0.15, 0.2) is 54.6 Å². The fraction of sp³-hybridized carbons (Fsp3) is 0.158. The molecule has 0 bridgehead atoms. The molecule has 2 aromatic carbocycles. The van der Waals surface area contributed by atoms with Crippen LogP contribution in [-0.4, -0.2) is 11.0 Å². The number of hydrogen-bond acceptors (Lipinski definition) is 5. The number of hydrogen-bond donors (Lipinski definition) is 0. The summed E-state index contributed by atoms with van der Waals surface area (Å²) in [7, 11) is 0. The minimum atomic E-state index is -4.44. The molecule has 3 rings (SSSR count). The summed E-state index contributed by atoms with van der Waals surface area (Å²) in [6, 6.07) is 13.7. The number of aromatic carboxylic acids is 1. The SMILES string of the molecule is O=C([O-])c1sc(-c2ccc(C(F)(F)F)cc2)nc1COCc1ccccc1. The molecule has 0 aliphatic carbocycles. The fourth-order valence-electron chi connectivity index (χ4n) is 2.37. The third-order valence-corrected chi connectivity index (χ3v) is 4.82. The van der Waals surface area contributed by atoms with E-state index in [-0.39, 0.29) is 23.8 Å². The van der Waals surface area contributed by atoms with Crippen molar-refractivity contribution in [2.75, 3.05) is 0 Å². The van der Waals surface area contributed by atoms with E-state index < -0.39 is 17.7 Å². The Morgan fingerprint density at radius 1 is 1.04 bits per heavy atom. The second-order valence-electron chi connectivity index (χ2n) is 5.64. The van der Waals surface area contributed by atoms with E-state index in [1.54, 1.807) is 0 Å². The zero-order valence-electron chi connectivity index (χ0n) is 13.8. The second kappa shape index (κ2) is 7.89. The van der Waals surface area contributed by atoms with Gasteiger partial charge < -0.3 is 14.6 Å². The van der Waals surface area contributed by atoms with Crippen LogP contribution in [0.2, 0.25) is 0 Å². The average Bonchev–Trinajstić information content (AvgIpc) is 3.06. The maximum atomic E-state index is 12.7. The van der Waals surface area contributed by atoms with Gasteiger partial charge in [0.05, 0.1) is 35.3 Å². The van der Waals surface area contributed by atoms with Crippen molar-refractivity contribution in [1.29, 1.82) is 0 Å². The van der Waals surface area contributed by atoms with Crippen molar-refractivity contribution in [2.24, 2.45) is 0 Å². The van der Waals surface area contributed by atoms with Crippen LogP contribution in [-0.2, 0) is 24.1 Å². The smallest absolute Gasteiger partial charge is 0.416 e. The Morgan fingerprint density at radius 2 is 1.70 bits per heavy atom. The maximum Gasteiger partial charge on any atom is 0.416 e. The van der Waals surface area contributed by atoms with Crippen LogP contribution in [0.1, 0.15) is 26.5 Å². The molecule has 8 heteroatoms. The van der Waals surface area contributed by atoms with Gasteiger partial charge in [-0.05, 0) is 17.7 Å². The van der Waals surface area contributed by atoms with Crippen molar-refractivity contribution in [3.8, 4) is 10.6 Å². The molecule has 1 aromatic heterocycles. The molecule has 0 saturated carbocycles. The van der Waals surface area contributed by atoms with Crippen molar-refractivity contribution in [2.45, 2.75) is 19.4 Å². The van der Waals surface area contributed by atoms with Crippen molar-refractivity contribution in [1.82, 2.24) is 4.98 Å². The van der Waals surface area contributed by atoms with Crippen LogP contribution >= 0.6 is 11.3 Å². The lowest BCUT2D eigenvalue weighted by atomic mass is 10.1. The molecule has 0 aliphatic rings. The van der Waals surface area contributed by atoms with E-state index in [9.17, 15) is 23.1 Å². The molecule has 0 amide bonds. The highest BCUT2D eigenvalue weighted by atomic mass is 32.1. The summed E-state index contributed by atoms with van der Waals surface area (Å²) < 4.78 is 43.5. The minimum absolute atomic E-state index is 0.0463. The Hall–Kier alpha value is -2.71. The van der Waals surface area contributed by atoms with E-state index in [0.29, 0.717) is 10.6 Å². The molecular formula is C19H13F3NO3S-. The standard InChI is InChI=1S/C19H14F3NO3S/c20-19(21,22)14-8-6-13(7-9-14)17-23-15(16(27-17)18(24)25)11-26-10-12-4-2-1-3-5-12/h1-9H,10-11H2,(H,24,25)/p-1. The molecule has 0 aliphatic heterocycles. The van der Waals surface area contributed by atoms with E-state index in [1.165, 1.54) is 12.1 Å². The summed E-state index contributed by atoms with van der Waals surface area (Å²) in [4.78, 5) is 15.5. The van der Waals surface area contributed by atoms with E-state index in [2.05, 4.69) is 4.98 Å². The zero-order valence-corrected chi connectivity index (χ0v) is 14.6. The largest absolute Gasteiger partial charge is 0.544 e. The molecule has 1 heterocycles. The monoisotopic (exact) mass is 392 g/mol. The molecule has 0 saturated heterocycles. The maximum absolute atomic E-state index is 12.7. The number of thiazole rings is 1. The van der Waals surface area contributed by atoms with Gasteiger partial charge in [0, 0.05) is 5.56 Å². The van der Waals surface area contributed by atoms with E-state index in [4.69, 9.17) is 4.74 Å². The van der Waals surface area contributed by atoms with Crippen LogP contribution in [0.5, 0.6) is 0 Å². The molecule has 0 fully saturated rings. The Labute approximate surface area is 156 Å². The van der Waals surface area contributed by atoms with Gasteiger partial charge in [0.1, 0.15) is 5.01 Å². The van der Waals surface area contributed by atoms with Crippen LogP contribution in [0.25, 0.3) is 10.6 Å². The van der Waals surface area contributed by atoms with E-state index >= 15 is 0 Å². The number of carboxylic acids is 1. The first-order valence-electron chi connectivity index (χ1n) is 7.85. The first kappa shape index (κ1) is 19.1. The van der Waals surface area contributed by atoms with Crippen molar-refractivity contribution in [3.63, 3.8) is 0 Å². The Morgan fingerprint density at radius 3 is 2.30 bits per heavy atom. The molecule has 140 valence electrons. The Kier molecular flexibility index (Phi) is 5.57. The molecule has 0 radical (unpaired) electrons. The number of benzene rings is 2. The molecule has 0 N–H and O–H groups in total. The number of aromatic nitrogens is 1. The molecule has 0 atom stereocenters. The first-order chi connectivity index (χ1) is 12.8. The summed E-state index contributed by atoms with van der Waals surface area (Å²) in [6.45, 7) is 0.232. The summed E-state index contributed by atoms with van der Waals surface area (Å²) >= 11 is 0.846. The van der Waals surface area contributed by atoms with Gasteiger partial charge in [0.15, 0.2) is 0 Å². The molecule has 0 unspecified atom stereocenters. The molecule has 3 aromatic rings. The van der Waals surface area contributed by atoms with Gasteiger partial charge in [0.2, 0.25) is 0 Å². The second-order valence-corrected chi connectivity index (χ2v) is 6.63. The van der Waals surface area contributed by atoms with Gasteiger partial charge in [0.25, 0.3) is 0 Å². The van der Waals surface area contributed by atoms with Crippen LogP contribution in [0.4, 0.5) is 13.2 Å². The lowest BCUT2D eigenvalue weighted by Crippen LogP contribution is -2.22. The van der Waals surface area contributed by atoms with Crippen LogP contribution in [0, 0.1) is 0 Å².